The molecule has 2 rings (SSSR count). The SMILES string of the molecule is O=Cc1c(Cl)ncnc1N1CCCSCC1. The largest absolute Gasteiger partial charge is 0.355 e. The summed E-state index contributed by atoms with van der Waals surface area (Å²) in [5, 5.41) is 0.233. The van der Waals surface area contributed by atoms with Crippen LogP contribution in [0.4, 0.5) is 5.82 Å². The Hall–Kier alpha value is -0.810. The number of thioether (sulfide) groups is 1. The summed E-state index contributed by atoms with van der Waals surface area (Å²) in [6.07, 6.45) is 3.24. The molecule has 1 aromatic heterocycles. The van der Waals surface area contributed by atoms with E-state index in [-0.39, 0.29) is 5.15 Å². The quantitative estimate of drug-likeness (QED) is 0.598. The minimum atomic E-state index is 0.233. The van der Waals surface area contributed by atoms with Gasteiger partial charge in [0.15, 0.2) is 6.29 Å². The van der Waals surface area contributed by atoms with Crippen molar-refractivity contribution in [3.8, 4) is 0 Å². The van der Waals surface area contributed by atoms with E-state index >= 15 is 0 Å². The number of halogens is 1. The lowest BCUT2D eigenvalue weighted by Crippen LogP contribution is -2.27. The summed E-state index contributed by atoms with van der Waals surface area (Å²) >= 11 is 7.80. The van der Waals surface area contributed by atoms with Crippen molar-refractivity contribution < 1.29 is 4.79 Å². The van der Waals surface area contributed by atoms with Gasteiger partial charge < -0.3 is 4.90 Å². The smallest absolute Gasteiger partial charge is 0.156 e. The number of aromatic nitrogens is 2. The fourth-order valence-corrected chi connectivity index (χ4v) is 2.74. The van der Waals surface area contributed by atoms with E-state index in [1.54, 1.807) is 0 Å². The molecule has 1 aliphatic rings. The highest BCUT2D eigenvalue weighted by atomic mass is 35.5. The van der Waals surface area contributed by atoms with Gasteiger partial charge in [-0.1, -0.05) is 11.6 Å². The maximum Gasteiger partial charge on any atom is 0.156 e. The van der Waals surface area contributed by atoms with Crippen LogP contribution >= 0.6 is 23.4 Å². The lowest BCUT2D eigenvalue weighted by Gasteiger charge is -2.22. The van der Waals surface area contributed by atoms with E-state index in [1.165, 1.54) is 6.33 Å². The van der Waals surface area contributed by atoms with Crippen molar-refractivity contribution in [1.82, 2.24) is 9.97 Å². The van der Waals surface area contributed by atoms with Crippen molar-refractivity contribution >= 4 is 35.5 Å². The molecular weight excluding hydrogens is 246 g/mol. The van der Waals surface area contributed by atoms with Crippen molar-refractivity contribution in [2.75, 3.05) is 29.5 Å². The van der Waals surface area contributed by atoms with Gasteiger partial charge in [0.1, 0.15) is 17.3 Å². The molecule has 0 saturated carbocycles. The van der Waals surface area contributed by atoms with Crippen LogP contribution < -0.4 is 4.90 Å². The molecule has 86 valence electrons. The molecule has 0 aliphatic carbocycles. The number of hydrogen-bond acceptors (Lipinski definition) is 5. The molecule has 1 aliphatic heterocycles. The number of hydrogen-bond donors (Lipinski definition) is 0. The van der Waals surface area contributed by atoms with Gasteiger partial charge in [-0.05, 0) is 12.2 Å². The summed E-state index contributed by atoms with van der Waals surface area (Å²) in [6.45, 7) is 1.82. The average molecular weight is 258 g/mol. The molecule has 0 bridgehead atoms. The monoisotopic (exact) mass is 257 g/mol. The van der Waals surface area contributed by atoms with Crippen molar-refractivity contribution in [2.45, 2.75) is 6.42 Å². The van der Waals surface area contributed by atoms with Crippen LogP contribution in [0.2, 0.25) is 5.15 Å². The molecule has 0 N–H and O–H groups in total. The number of rotatable bonds is 2. The van der Waals surface area contributed by atoms with Crippen LogP contribution in [-0.4, -0.2) is 40.8 Å². The first-order valence-electron chi connectivity index (χ1n) is 5.11. The molecule has 1 fully saturated rings. The van der Waals surface area contributed by atoms with Crippen LogP contribution in [0.1, 0.15) is 16.8 Å². The molecule has 0 radical (unpaired) electrons. The Balaban J connectivity index is 2.30. The third kappa shape index (κ3) is 2.47. The number of nitrogens with zero attached hydrogens (tertiary/aromatic N) is 3. The third-order valence-corrected chi connectivity index (χ3v) is 3.80. The second-order valence-electron chi connectivity index (χ2n) is 3.47. The maximum absolute atomic E-state index is 11.0. The molecule has 4 nitrogen and oxygen atoms in total. The number of aldehydes is 1. The molecule has 6 heteroatoms. The van der Waals surface area contributed by atoms with Gasteiger partial charge in [-0.25, -0.2) is 9.97 Å². The topological polar surface area (TPSA) is 46.1 Å². The molecule has 1 saturated heterocycles. The molecule has 0 aromatic carbocycles. The fourth-order valence-electron chi connectivity index (χ4n) is 1.68. The normalized spacial score (nSPS) is 16.9. The van der Waals surface area contributed by atoms with Gasteiger partial charge >= 0.3 is 0 Å². The molecule has 0 amide bonds. The van der Waals surface area contributed by atoms with Gasteiger partial charge in [-0.15, -0.1) is 0 Å². The summed E-state index contributed by atoms with van der Waals surface area (Å²) in [4.78, 5) is 21.1. The Bertz CT molecular complexity index is 380. The van der Waals surface area contributed by atoms with Gasteiger partial charge in [-0.2, -0.15) is 11.8 Å². The van der Waals surface area contributed by atoms with E-state index in [2.05, 4.69) is 14.9 Å². The summed E-state index contributed by atoms with van der Waals surface area (Å²) in [6, 6.07) is 0. The van der Waals surface area contributed by atoms with Crippen molar-refractivity contribution in [2.24, 2.45) is 0 Å². The zero-order chi connectivity index (χ0) is 11.4. The summed E-state index contributed by atoms with van der Waals surface area (Å²) in [5.41, 5.74) is 0.399. The summed E-state index contributed by atoms with van der Waals surface area (Å²) in [5.74, 6) is 2.88. The molecule has 0 spiro atoms. The molecule has 2 heterocycles. The third-order valence-electron chi connectivity index (χ3n) is 2.45. The second-order valence-corrected chi connectivity index (χ2v) is 5.06. The first-order valence-corrected chi connectivity index (χ1v) is 6.64. The van der Waals surface area contributed by atoms with Crippen LogP contribution in [0.15, 0.2) is 6.33 Å². The van der Waals surface area contributed by atoms with E-state index in [0.717, 1.165) is 37.3 Å². The first kappa shape index (κ1) is 11.7. The molecule has 16 heavy (non-hydrogen) atoms. The summed E-state index contributed by atoms with van der Waals surface area (Å²) < 4.78 is 0. The van der Waals surface area contributed by atoms with E-state index in [0.29, 0.717) is 11.4 Å². The highest BCUT2D eigenvalue weighted by Crippen LogP contribution is 2.23. The Morgan fingerprint density at radius 3 is 3.06 bits per heavy atom. The number of carbonyl (C=O) groups is 1. The van der Waals surface area contributed by atoms with E-state index < -0.39 is 0 Å². The Morgan fingerprint density at radius 1 is 1.38 bits per heavy atom. The highest BCUT2D eigenvalue weighted by Gasteiger charge is 2.17. The predicted octanol–water partition coefficient (Wildman–Crippen LogP) is 1.89. The van der Waals surface area contributed by atoms with E-state index in [4.69, 9.17) is 11.6 Å². The van der Waals surface area contributed by atoms with Crippen molar-refractivity contribution in [3.05, 3.63) is 17.0 Å². The highest BCUT2D eigenvalue weighted by molar-refractivity contribution is 7.99. The zero-order valence-corrected chi connectivity index (χ0v) is 10.3. The first-order chi connectivity index (χ1) is 7.83. The predicted molar refractivity (Wildman–Crippen MR) is 66.6 cm³/mol. The molecule has 0 atom stereocenters. The van der Waals surface area contributed by atoms with Crippen LogP contribution in [-0.2, 0) is 0 Å². The maximum atomic E-state index is 11.0. The second kappa shape index (κ2) is 5.50. The van der Waals surface area contributed by atoms with Crippen LogP contribution in [0.25, 0.3) is 0 Å². The van der Waals surface area contributed by atoms with Gasteiger partial charge in [0.2, 0.25) is 0 Å². The van der Waals surface area contributed by atoms with Gasteiger partial charge in [0.05, 0.1) is 5.56 Å². The van der Waals surface area contributed by atoms with E-state index in [9.17, 15) is 4.79 Å². The number of anilines is 1. The molecule has 1 aromatic rings. The number of carbonyl (C=O) groups excluding carboxylic acids is 1. The Labute approximate surface area is 103 Å². The zero-order valence-electron chi connectivity index (χ0n) is 8.73. The Kier molecular flexibility index (Phi) is 4.01. The lowest BCUT2D eigenvalue weighted by atomic mass is 10.3. The minimum Gasteiger partial charge on any atom is -0.355 e. The van der Waals surface area contributed by atoms with E-state index in [1.807, 2.05) is 11.8 Å². The molecule has 0 unspecified atom stereocenters. The Morgan fingerprint density at radius 2 is 2.25 bits per heavy atom. The lowest BCUT2D eigenvalue weighted by molar-refractivity contribution is 0.112. The summed E-state index contributed by atoms with van der Waals surface area (Å²) in [7, 11) is 0. The van der Waals surface area contributed by atoms with Gasteiger partial charge in [0.25, 0.3) is 0 Å². The fraction of sp³-hybridized carbons (Fsp3) is 0.500. The van der Waals surface area contributed by atoms with Gasteiger partial charge in [0, 0.05) is 18.8 Å². The molecular formula is C10H12ClN3OS. The minimum absolute atomic E-state index is 0.233. The van der Waals surface area contributed by atoms with Crippen LogP contribution in [0, 0.1) is 0 Å². The van der Waals surface area contributed by atoms with Crippen molar-refractivity contribution in [1.29, 1.82) is 0 Å². The van der Waals surface area contributed by atoms with Crippen molar-refractivity contribution in [3.63, 3.8) is 0 Å². The van der Waals surface area contributed by atoms with Gasteiger partial charge in [-0.3, -0.25) is 4.79 Å². The average Bonchev–Trinajstić information content (AvgIpc) is 2.57. The standard InChI is InChI=1S/C10H12ClN3OS/c11-9-8(6-15)10(13-7-12-9)14-2-1-4-16-5-3-14/h6-7H,1-5H2. The van der Waals surface area contributed by atoms with Crippen LogP contribution in [0.3, 0.4) is 0 Å². The van der Waals surface area contributed by atoms with Crippen LogP contribution in [0.5, 0.6) is 0 Å².